The lowest BCUT2D eigenvalue weighted by atomic mass is 10.3. The lowest BCUT2D eigenvalue weighted by Crippen LogP contribution is -2.19. The number of rotatable bonds is 7. The summed E-state index contributed by atoms with van der Waals surface area (Å²) in [7, 11) is -0.948. The van der Waals surface area contributed by atoms with Gasteiger partial charge in [-0.2, -0.15) is 0 Å². The number of nitrogens with one attached hydrogen (secondary N) is 3. The monoisotopic (exact) mass is 427 g/mol. The number of carbonyl (C=O) groups excluding carboxylic acids is 1. The molecule has 0 aliphatic rings. The molecule has 0 aromatic heterocycles. The second-order valence-electron chi connectivity index (χ2n) is 6.14. The molecule has 0 aliphatic carbocycles. The Balaban J connectivity index is 1.71. The second-order valence-corrected chi connectivity index (χ2v) is 7.82. The highest BCUT2D eigenvalue weighted by Gasteiger charge is 2.17. The normalized spacial score (nSPS) is 10.7. The van der Waals surface area contributed by atoms with Crippen molar-refractivity contribution >= 4 is 33.1 Å². The van der Waals surface area contributed by atoms with E-state index in [1.165, 1.54) is 44.6 Å². The smallest absolute Gasteiger partial charge is 0.323 e. The van der Waals surface area contributed by atoms with Crippen LogP contribution < -0.4 is 24.8 Å². The average molecular weight is 427 g/mol. The van der Waals surface area contributed by atoms with Crippen molar-refractivity contribution < 1.29 is 22.7 Å². The maximum absolute atomic E-state index is 12.7. The number of anilines is 3. The molecule has 0 fully saturated rings. The third-order valence-electron chi connectivity index (χ3n) is 4.11. The van der Waals surface area contributed by atoms with Crippen LogP contribution in [0.3, 0.4) is 0 Å². The standard InChI is InChI=1S/C21H21N3O5S/c1-28-17-10-13-20(29-2)19(14-17)24-30(26,27)18-11-8-16(9-12-18)23-21(25)22-15-6-4-3-5-7-15/h3-14,24H,1-2H3,(H2,22,23,25). The van der Waals surface area contributed by atoms with Gasteiger partial charge in [-0.1, -0.05) is 18.2 Å². The molecule has 3 aromatic rings. The summed E-state index contributed by atoms with van der Waals surface area (Å²) in [5.41, 5.74) is 1.34. The Bertz CT molecular complexity index is 1120. The summed E-state index contributed by atoms with van der Waals surface area (Å²) in [5, 5.41) is 5.34. The molecule has 30 heavy (non-hydrogen) atoms. The molecule has 8 nitrogen and oxygen atoms in total. The van der Waals surface area contributed by atoms with Crippen molar-refractivity contribution in [2.45, 2.75) is 4.90 Å². The minimum atomic E-state index is -3.88. The van der Waals surface area contributed by atoms with E-state index in [0.717, 1.165) is 0 Å². The van der Waals surface area contributed by atoms with E-state index in [0.29, 0.717) is 22.9 Å². The van der Waals surface area contributed by atoms with Crippen LogP contribution in [0.1, 0.15) is 0 Å². The van der Waals surface area contributed by atoms with Crippen molar-refractivity contribution in [3.63, 3.8) is 0 Å². The Hall–Kier alpha value is -3.72. The fourth-order valence-corrected chi connectivity index (χ4v) is 3.69. The number of benzene rings is 3. The summed E-state index contributed by atoms with van der Waals surface area (Å²) in [6, 6.07) is 19.1. The number of sulfonamides is 1. The van der Waals surface area contributed by atoms with Gasteiger partial charge in [0.25, 0.3) is 10.0 Å². The fourth-order valence-electron chi connectivity index (χ4n) is 2.63. The highest BCUT2D eigenvalue weighted by molar-refractivity contribution is 7.92. The first-order chi connectivity index (χ1) is 14.4. The molecule has 0 saturated heterocycles. The van der Waals surface area contributed by atoms with Gasteiger partial charge in [0.2, 0.25) is 0 Å². The zero-order valence-electron chi connectivity index (χ0n) is 16.4. The summed E-state index contributed by atoms with van der Waals surface area (Å²) in [6.45, 7) is 0. The summed E-state index contributed by atoms with van der Waals surface area (Å²) >= 11 is 0. The minimum Gasteiger partial charge on any atom is -0.497 e. The molecule has 0 spiro atoms. The zero-order chi connectivity index (χ0) is 21.6. The maximum Gasteiger partial charge on any atom is 0.323 e. The molecule has 2 amide bonds. The first kappa shape index (κ1) is 21.0. The summed E-state index contributed by atoms with van der Waals surface area (Å²) < 4.78 is 38.3. The molecule has 0 heterocycles. The highest BCUT2D eigenvalue weighted by atomic mass is 32.2. The number of hydrogen-bond acceptors (Lipinski definition) is 5. The van der Waals surface area contributed by atoms with E-state index in [2.05, 4.69) is 15.4 Å². The van der Waals surface area contributed by atoms with Crippen LogP contribution in [-0.2, 0) is 10.0 Å². The van der Waals surface area contributed by atoms with Gasteiger partial charge in [0.1, 0.15) is 11.5 Å². The van der Waals surface area contributed by atoms with Crippen molar-refractivity contribution in [1.29, 1.82) is 0 Å². The fraction of sp³-hybridized carbons (Fsp3) is 0.0952. The average Bonchev–Trinajstić information content (AvgIpc) is 2.74. The number of methoxy groups -OCH3 is 2. The molecule has 0 saturated carbocycles. The molecule has 0 atom stereocenters. The van der Waals surface area contributed by atoms with Crippen LogP contribution in [0.15, 0.2) is 77.7 Å². The SMILES string of the molecule is COc1ccc(OC)c(NS(=O)(=O)c2ccc(NC(=O)Nc3ccccc3)cc2)c1. The quantitative estimate of drug-likeness (QED) is 0.525. The Morgan fingerprint density at radius 2 is 1.43 bits per heavy atom. The molecule has 3 rings (SSSR count). The number of amides is 2. The first-order valence-electron chi connectivity index (χ1n) is 8.89. The molecule has 0 radical (unpaired) electrons. The number of hydrogen-bond donors (Lipinski definition) is 3. The predicted molar refractivity (Wildman–Crippen MR) is 116 cm³/mol. The summed E-state index contributed by atoms with van der Waals surface area (Å²) in [6.07, 6.45) is 0. The second kappa shape index (κ2) is 9.19. The number of carbonyl (C=O) groups is 1. The van der Waals surface area contributed by atoms with Gasteiger partial charge < -0.3 is 20.1 Å². The number of urea groups is 1. The van der Waals surface area contributed by atoms with Crippen LogP contribution in [0, 0.1) is 0 Å². The van der Waals surface area contributed by atoms with Crippen molar-refractivity contribution in [1.82, 2.24) is 0 Å². The van der Waals surface area contributed by atoms with E-state index in [4.69, 9.17) is 9.47 Å². The summed E-state index contributed by atoms with van der Waals surface area (Å²) in [5.74, 6) is 0.840. The Morgan fingerprint density at radius 1 is 0.800 bits per heavy atom. The van der Waals surface area contributed by atoms with Gasteiger partial charge in [0, 0.05) is 17.4 Å². The maximum atomic E-state index is 12.7. The van der Waals surface area contributed by atoms with E-state index in [1.54, 1.807) is 36.4 Å². The molecule has 0 aliphatic heterocycles. The van der Waals surface area contributed by atoms with Crippen LogP contribution in [0.2, 0.25) is 0 Å². The molecule has 156 valence electrons. The van der Waals surface area contributed by atoms with Gasteiger partial charge in [0.05, 0.1) is 24.8 Å². The van der Waals surface area contributed by atoms with Gasteiger partial charge in [-0.25, -0.2) is 13.2 Å². The van der Waals surface area contributed by atoms with E-state index in [1.807, 2.05) is 6.07 Å². The lowest BCUT2D eigenvalue weighted by molar-refractivity contribution is 0.262. The van der Waals surface area contributed by atoms with Gasteiger partial charge in [-0.15, -0.1) is 0 Å². The minimum absolute atomic E-state index is 0.0291. The third kappa shape index (κ3) is 5.21. The van der Waals surface area contributed by atoms with Gasteiger partial charge in [0.15, 0.2) is 0 Å². The topological polar surface area (TPSA) is 106 Å². The van der Waals surface area contributed by atoms with E-state index in [9.17, 15) is 13.2 Å². The van der Waals surface area contributed by atoms with Gasteiger partial charge in [-0.3, -0.25) is 4.72 Å². The summed E-state index contributed by atoms with van der Waals surface area (Å²) in [4.78, 5) is 12.1. The van der Waals surface area contributed by atoms with E-state index >= 15 is 0 Å². The highest BCUT2D eigenvalue weighted by Crippen LogP contribution is 2.31. The van der Waals surface area contributed by atoms with Gasteiger partial charge in [-0.05, 0) is 48.5 Å². The van der Waals surface area contributed by atoms with E-state index in [-0.39, 0.29) is 10.6 Å². The van der Waals surface area contributed by atoms with Crippen LogP contribution >= 0.6 is 0 Å². The molecule has 0 bridgehead atoms. The Labute approximate surface area is 174 Å². The first-order valence-corrected chi connectivity index (χ1v) is 10.4. The molecular formula is C21H21N3O5S. The molecular weight excluding hydrogens is 406 g/mol. The largest absolute Gasteiger partial charge is 0.497 e. The predicted octanol–water partition coefficient (Wildman–Crippen LogP) is 4.15. The Morgan fingerprint density at radius 3 is 2.03 bits per heavy atom. The molecule has 3 N–H and O–H groups in total. The van der Waals surface area contributed by atoms with Crippen LogP contribution in [0.5, 0.6) is 11.5 Å². The van der Waals surface area contributed by atoms with Crippen molar-refractivity contribution in [2.75, 3.05) is 29.6 Å². The number of ether oxygens (including phenoxy) is 2. The zero-order valence-corrected chi connectivity index (χ0v) is 17.2. The molecule has 0 unspecified atom stereocenters. The number of para-hydroxylation sites is 1. The van der Waals surface area contributed by atoms with Crippen LogP contribution in [0.4, 0.5) is 21.9 Å². The van der Waals surface area contributed by atoms with Crippen molar-refractivity contribution in [2.24, 2.45) is 0 Å². The Kier molecular flexibility index (Phi) is 6.43. The molecule has 9 heteroatoms. The van der Waals surface area contributed by atoms with Gasteiger partial charge >= 0.3 is 6.03 Å². The van der Waals surface area contributed by atoms with E-state index < -0.39 is 16.1 Å². The van der Waals surface area contributed by atoms with Crippen molar-refractivity contribution in [3.05, 3.63) is 72.8 Å². The lowest BCUT2D eigenvalue weighted by Gasteiger charge is -2.13. The van der Waals surface area contributed by atoms with Crippen LogP contribution in [-0.4, -0.2) is 28.7 Å². The van der Waals surface area contributed by atoms with Crippen LogP contribution in [0.25, 0.3) is 0 Å². The molecule has 3 aromatic carbocycles. The third-order valence-corrected chi connectivity index (χ3v) is 5.49. The van der Waals surface area contributed by atoms with Crippen molar-refractivity contribution in [3.8, 4) is 11.5 Å².